The van der Waals surface area contributed by atoms with Gasteiger partial charge in [0.25, 0.3) is 0 Å². The molecule has 2 amide bonds. The van der Waals surface area contributed by atoms with E-state index in [0.717, 1.165) is 16.2 Å². The molecule has 18 heteroatoms. The van der Waals surface area contributed by atoms with E-state index in [2.05, 4.69) is 10.1 Å². The molecule has 198 valence electrons. The molecular formula is C18H24N6O10S2. The summed E-state index contributed by atoms with van der Waals surface area (Å²) in [6.45, 7) is 2.05. The average Bonchev–Trinajstić information content (AvgIpc) is 3.35. The Morgan fingerprint density at radius 2 is 2.06 bits per heavy atom. The number of nitrogens with two attached hydrogens (primary N) is 2. The molecule has 2 fully saturated rings. The number of rotatable bonds is 11. The molecular weight excluding hydrogens is 524 g/mol. The summed E-state index contributed by atoms with van der Waals surface area (Å²) in [4.78, 5) is 59.2. The number of Topliss-reactive ketones (excluding diaryl/α,β-unsaturated/α-hetero) is 1. The molecule has 2 aliphatic heterocycles. The molecule has 0 saturated carbocycles. The monoisotopic (exact) mass is 548 g/mol. The van der Waals surface area contributed by atoms with Crippen LogP contribution < -0.4 is 11.5 Å². The minimum atomic E-state index is -5.00. The molecule has 6 N–H and O–H groups in total. The van der Waals surface area contributed by atoms with Crippen LogP contribution in [0.2, 0.25) is 0 Å². The van der Waals surface area contributed by atoms with Gasteiger partial charge in [-0.25, -0.2) is 18.9 Å². The van der Waals surface area contributed by atoms with E-state index in [1.165, 1.54) is 19.2 Å². The first kappa shape index (κ1) is 27.2. The summed E-state index contributed by atoms with van der Waals surface area (Å²) in [7, 11) is -5.00. The molecule has 0 bridgehead atoms. The lowest BCUT2D eigenvalue weighted by Crippen LogP contribution is -2.66. The predicted octanol–water partition coefficient (Wildman–Crippen LogP) is -1.32. The normalized spacial score (nSPS) is 22.9. The maximum atomic E-state index is 13.2. The highest BCUT2D eigenvalue weighted by molar-refractivity contribution is 7.84. The highest BCUT2D eigenvalue weighted by Gasteiger charge is 2.55. The Hall–Kier alpha value is -3.35. The van der Waals surface area contributed by atoms with Crippen molar-refractivity contribution >= 4 is 56.2 Å². The zero-order chi connectivity index (χ0) is 27.0. The third-order valence-electron chi connectivity index (χ3n) is 5.48. The summed E-state index contributed by atoms with van der Waals surface area (Å²) in [6.07, 6.45) is -2.06. The number of hydrogen-bond donors (Lipinski definition) is 4. The highest BCUT2D eigenvalue weighted by Crippen LogP contribution is 2.34. The smallest absolute Gasteiger partial charge is 0.410 e. The Morgan fingerprint density at radius 3 is 2.56 bits per heavy atom. The maximum absolute atomic E-state index is 13.2. The molecule has 0 radical (unpaired) electrons. The van der Waals surface area contributed by atoms with Crippen molar-refractivity contribution in [3.05, 3.63) is 11.1 Å². The van der Waals surface area contributed by atoms with Gasteiger partial charge in [-0.2, -0.15) is 8.42 Å². The standard InChI is InChI=1S/C18H24N6O10S2/c1-18(2,15(27)28)34-22-13(10-7-35-16(20)21-10)12(25)3-9-11(24(14(9)26)36(30,31)32)6-23-5-8(4-19)33-17(23)29/h7-9,11H,3-6,19H2,1-2H3,(H2,20,21)(H,27,28)(H,30,31,32)/b22-13-/t8-,9-,11+/m0/s1. The Kier molecular flexibility index (Phi) is 7.53. The quantitative estimate of drug-likeness (QED) is 0.109. The number of nitrogens with zero attached hydrogens (tertiary/aromatic N) is 4. The van der Waals surface area contributed by atoms with E-state index in [4.69, 9.17) is 21.0 Å². The van der Waals surface area contributed by atoms with Gasteiger partial charge in [-0.15, -0.1) is 11.3 Å². The minimum Gasteiger partial charge on any atom is -0.478 e. The number of ether oxygens (including phenoxy) is 1. The van der Waals surface area contributed by atoms with Crippen LogP contribution in [0.15, 0.2) is 10.5 Å². The molecule has 0 aliphatic carbocycles. The van der Waals surface area contributed by atoms with Crippen molar-refractivity contribution < 1.29 is 46.8 Å². The number of carboxylic acids is 1. The molecule has 3 heterocycles. The van der Waals surface area contributed by atoms with Gasteiger partial charge in [-0.05, 0) is 13.8 Å². The number of anilines is 1. The summed E-state index contributed by atoms with van der Waals surface area (Å²) in [6, 6.07) is -1.29. The SMILES string of the molecule is CC(C)(O/N=C(\C(=O)C[C@@H]1C(=O)N(S(=O)(=O)O)[C@@H]1CN1C[C@H](CN)OC1=O)c1csc(N)n1)C(=O)O. The largest absolute Gasteiger partial charge is 0.478 e. The first-order valence-electron chi connectivity index (χ1n) is 10.4. The summed E-state index contributed by atoms with van der Waals surface area (Å²) >= 11 is 0.963. The van der Waals surface area contributed by atoms with Crippen LogP contribution in [0.3, 0.4) is 0 Å². The molecule has 0 unspecified atom stereocenters. The first-order chi connectivity index (χ1) is 16.7. The summed E-state index contributed by atoms with van der Waals surface area (Å²) in [5.74, 6) is -4.58. The van der Waals surface area contributed by atoms with Crippen LogP contribution in [0, 0.1) is 5.92 Å². The van der Waals surface area contributed by atoms with Gasteiger partial charge in [0.05, 0.1) is 18.5 Å². The van der Waals surface area contributed by atoms with Crippen LogP contribution in [0.5, 0.6) is 0 Å². The lowest BCUT2D eigenvalue weighted by atomic mass is 9.84. The fraction of sp³-hybridized carbons (Fsp3) is 0.556. The molecule has 3 atom stereocenters. The summed E-state index contributed by atoms with van der Waals surface area (Å²) in [5, 5.41) is 14.3. The number of aliphatic carboxylic acids is 1. The Labute approximate surface area is 208 Å². The second-order valence-electron chi connectivity index (χ2n) is 8.48. The van der Waals surface area contributed by atoms with Gasteiger partial charge in [0.15, 0.2) is 16.6 Å². The third kappa shape index (κ3) is 5.55. The zero-order valence-electron chi connectivity index (χ0n) is 19.1. The van der Waals surface area contributed by atoms with Crippen LogP contribution in [-0.2, 0) is 34.3 Å². The van der Waals surface area contributed by atoms with E-state index in [9.17, 15) is 37.3 Å². The molecule has 0 aromatic carbocycles. The van der Waals surface area contributed by atoms with E-state index in [0.29, 0.717) is 0 Å². The second kappa shape index (κ2) is 9.96. The van der Waals surface area contributed by atoms with E-state index in [1.807, 2.05) is 0 Å². The molecule has 1 aromatic heterocycles. The Bertz CT molecular complexity index is 1210. The molecule has 2 saturated heterocycles. The zero-order valence-corrected chi connectivity index (χ0v) is 20.7. The molecule has 2 aliphatic rings. The number of carbonyl (C=O) groups excluding carboxylic acids is 3. The third-order valence-corrected chi connectivity index (χ3v) is 7.10. The molecule has 0 spiro atoms. The van der Waals surface area contributed by atoms with Crippen molar-refractivity contribution in [2.75, 3.05) is 25.4 Å². The van der Waals surface area contributed by atoms with Crippen molar-refractivity contribution in [1.82, 2.24) is 14.2 Å². The van der Waals surface area contributed by atoms with Crippen molar-refractivity contribution in [2.45, 2.75) is 38.0 Å². The van der Waals surface area contributed by atoms with Crippen molar-refractivity contribution in [3.63, 3.8) is 0 Å². The van der Waals surface area contributed by atoms with Crippen LogP contribution in [-0.4, -0.2) is 99.1 Å². The van der Waals surface area contributed by atoms with Gasteiger partial charge < -0.3 is 31.0 Å². The minimum absolute atomic E-state index is 0.0129. The maximum Gasteiger partial charge on any atom is 0.410 e. The van der Waals surface area contributed by atoms with Crippen LogP contribution in [0.4, 0.5) is 9.93 Å². The molecule has 16 nitrogen and oxygen atoms in total. The number of β-lactam (4-membered cyclic amide) rings is 1. The Morgan fingerprint density at radius 1 is 1.39 bits per heavy atom. The van der Waals surface area contributed by atoms with Crippen LogP contribution >= 0.6 is 11.3 Å². The second-order valence-corrected chi connectivity index (χ2v) is 10.7. The predicted molar refractivity (Wildman–Crippen MR) is 122 cm³/mol. The Balaban J connectivity index is 1.86. The van der Waals surface area contributed by atoms with Gasteiger partial charge >= 0.3 is 22.4 Å². The number of aromatic nitrogens is 1. The molecule has 36 heavy (non-hydrogen) atoms. The van der Waals surface area contributed by atoms with Gasteiger partial charge in [0.2, 0.25) is 11.5 Å². The first-order valence-corrected chi connectivity index (χ1v) is 12.6. The lowest BCUT2D eigenvalue weighted by Gasteiger charge is -2.45. The number of thiazole rings is 1. The number of amides is 2. The van der Waals surface area contributed by atoms with E-state index in [-0.39, 0.29) is 34.8 Å². The van der Waals surface area contributed by atoms with Crippen LogP contribution in [0.25, 0.3) is 0 Å². The van der Waals surface area contributed by atoms with E-state index < -0.39 is 69.9 Å². The number of hydrogen-bond acceptors (Lipinski definition) is 13. The number of carboxylic acid groups (broad SMARTS) is 1. The van der Waals surface area contributed by atoms with Crippen molar-refractivity contribution in [3.8, 4) is 0 Å². The summed E-state index contributed by atoms with van der Waals surface area (Å²) < 4.78 is 38.2. The van der Waals surface area contributed by atoms with Gasteiger partial charge in [0.1, 0.15) is 11.8 Å². The van der Waals surface area contributed by atoms with E-state index in [1.54, 1.807) is 0 Å². The number of nitrogen functional groups attached to an aromatic ring is 1. The lowest BCUT2D eigenvalue weighted by molar-refractivity contribution is -0.161. The topological polar surface area (TPSA) is 245 Å². The van der Waals surface area contributed by atoms with Gasteiger partial charge in [0, 0.05) is 24.9 Å². The fourth-order valence-corrected chi connectivity index (χ4v) is 4.95. The highest BCUT2D eigenvalue weighted by atomic mass is 32.2. The molecule has 1 aromatic rings. The van der Waals surface area contributed by atoms with Crippen molar-refractivity contribution in [2.24, 2.45) is 16.8 Å². The van der Waals surface area contributed by atoms with E-state index >= 15 is 0 Å². The summed E-state index contributed by atoms with van der Waals surface area (Å²) in [5.41, 5.74) is 8.79. The molecule has 3 rings (SSSR count). The van der Waals surface area contributed by atoms with Gasteiger partial charge in [-0.1, -0.05) is 5.16 Å². The van der Waals surface area contributed by atoms with Gasteiger partial charge in [-0.3, -0.25) is 14.1 Å². The van der Waals surface area contributed by atoms with Crippen molar-refractivity contribution in [1.29, 1.82) is 0 Å². The number of oxime groups is 1. The fourth-order valence-electron chi connectivity index (χ4n) is 3.49. The van der Waals surface area contributed by atoms with Crippen LogP contribution in [0.1, 0.15) is 26.0 Å². The number of carbonyl (C=O) groups is 4. The average molecular weight is 549 g/mol. The number of cyclic esters (lactones) is 1. The number of ketones is 1.